The Balaban J connectivity index is 2.43. The smallest absolute Gasteiger partial charge is 0.250 e. The first-order chi connectivity index (χ1) is 11.5. The van der Waals surface area contributed by atoms with E-state index in [1.807, 2.05) is 0 Å². The predicted molar refractivity (Wildman–Crippen MR) is 105 cm³/mol. The molecule has 0 aliphatic rings. The van der Waals surface area contributed by atoms with Gasteiger partial charge in [-0.2, -0.15) is 0 Å². The lowest BCUT2D eigenvalue weighted by Crippen LogP contribution is -2.16. The molecular weight excluding hydrogens is 474 g/mol. The van der Waals surface area contributed by atoms with Gasteiger partial charge in [-0.1, -0.05) is 93.3 Å². The van der Waals surface area contributed by atoms with Crippen molar-refractivity contribution in [2.75, 3.05) is 7.11 Å². The highest BCUT2D eigenvalue weighted by Gasteiger charge is 2.33. The maximum atomic E-state index is 6.08. The first-order valence-corrected chi connectivity index (χ1v) is 9.07. The molecular formula is C14H8Cl7N3O. The Labute approximate surface area is 179 Å². The number of hydrogen-bond acceptors (Lipinski definition) is 4. The van der Waals surface area contributed by atoms with E-state index in [-0.39, 0.29) is 17.5 Å². The average molecular weight is 482 g/mol. The van der Waals surface area contributed by atoms with Crippen molar-refractivity contribution in [1.82, 2.24) is 15.0 Å². The third-order valence-corrected chi connectivity index (χ3v) is 4.07. The molecule has 0 fully saturated rings. The largest absolute Gasteiger partial charge is 0.495 e. The Morgan fingerprint density at radius 3 is 1.88 bits per heavy atom. The summed E-state index contributed by atoms with van der Waals surface area (Å²) in [6, 6.07) is 5.20. The van der Waals surface area contributed by atoms with E-state index in [0.29, 0.717) is 10.8 Å². The molecule has 25 heavy (non-hydrogen) atoms. The second-order valence-electron chi connectivity index (χ2n) is 4.56. The average Bonchev–Trinajstić information content (AvgIpc) is 2.51. The van der Waals surface area contributed by atoms with Crippen LogP contribution in [0.5, 0.6) is 5.75 Å². The standard InChI is InChI=1S/C14H8Cl7N3O/c1-25-9-4-2-7(6-8(9)15)3-5-10-22-11(13(16,17)18)24-12(23-10)14(19,20)21/h2-6H,1H3. The van der Waals surface area contributed by atoms with E-state index in [1.54, 1.807) is 30.4 Å². The molecule has 0 amide bonds. The number of rotatable bonds is 3. The summed E-state index contributed by atoms with van der Waals surface area (Å²) in [5.41, 5.74) is 0.761. The molecule has 0 atom stereocenters. The fourth-order valence-corrected chi connectivity index (χ4v) is 2.45. The highest BCUT2D eigenvalue weighted by Crippen LogP contribution is 2.40. The van der Waals surface area contributed by atoms with Crippen LogP contribution in [0.1, 0.15) is 23.0 Å². The highest BCUT2D eigenvalue weighted by atomic mass is 35.6. The van der Waals surface area contributed by atoms with Crippen molar-refractivity contribution in [2.45, 2.75) is 7.59 Å². The molecule has 4 nitrogen and oxygen atoms in total. The van der Waals surface area contributed by atoms with Gasteiger partial charge in [0.15, 0.2) is 17.5 Å². The molecule has 0 aliphatic heterocycles. The van der Waals surface area contributed by atoms with E-state index in [1.165, 1.54) is 7.11 Å². The second-order valence-corrected chi connectivity index (χ2v) is 9.53. The molecule has 0 bridgehead atoms. The van der Waals surface area contributed by atoms with E-state index in [4.69, 9.17) is 85.9 Å². The topological polar surface area (TPSA) is 47.9 Å². The predicted octanol–water partition coefficient (Wildman–Crippen LogP) is 6.36. The van der Waals surface area contributed by atoms with Crippen LogP contribution >= 0.6 is 81.2 Å². The minimum Gasteiger partial charge on any atom is -0.495 e. The van der Waals surface area contributed by atoms with Crippen molar-refractivity contribution in [3.8, 4) is 5.75 Å². The van der Waals surface area contributed by atoms with E-state index in [0.717, 1.165) is 5.56 Å². The van der Waals surface area contributed by atoms with Crippen molar-refractivity contribution in [3.63, 3.8) is 0 Å². The van der Waals surface area contributed by atoms with Gasteiger partial charge in [-0.05, 0) is 23.8 Å². The van der Waals surface area contributed by atoms with Gasteiger partial charge in [0.25, 0.3) is 0 Å². The van der Waals surface area contributed by atoms with Crippen LogP contribution in [0, 0.1) is 0 Å². The Kier molecular flexibility index (Phi) is 6.94. The Bertz CT molecular complexity index is 768. The third kappa shape index (κ3) is 5.90. The molecule has 0 N–H and O–H groups in total. The lowest BCUT2D eigenvalue weighted by atomic mass is 10.2. The van der Waals surface area contributed by atoms with Crippen molar-refractivity contribution in [2.24, 2.45) is 0 Å². The highest BCUT2D eigenvalue weighted by molar-refractivity contribution is 6.67. The van der Waals surface area contributed by atoms with Crippen LogP contribution < -0.4 is 4.74 Å². The van der Waals surface area contributed by atoms with E-state index >= 15 is 0 Å². The van der Waals surface area contributed by atoms with E-state index < -0.39 is 7.59 Å². The van der Waals surface area contributed by atoms with Crippen LogP contribution in [-0.4, -0.2) is 22.1 Å². The number of alkyl halides is 6. The SMILES string of the molecule is COc1ccc(C=Cc2nc(C(Cl)(Cl)Cl)nc(C(Cl)(Cl)Cl)n2)cc1Cl. The molecule has 0 spiro atoms. The number of nitrogens with zero attached hydrogens (tertiary/aromatic N) is 3. The first-order valence-electron chi connectivity index (χ1n) is 6.43. The molecule has 1 aromatic carbocycles. The van der Waals surface area contributed by atoms with Gasteiger partial charge in [-0.15, -0.1) is 0 Å². The fourth-order valence-electron chi connectivity index (χ4n) is 1.68. The molecule has 0 saturated carbocycles. The summed E-state index contributed by atoms with van der Waals surface area (Å²) in [6.45, 7) is 0. The van der Waals surface area contributed by atoms with Gasteiger partial charge in [0.2, 0.25) is 7.59 Å². The van der Waals surface area contributed by atoms with Gasteiger partial charge in [0.05, 0.1) is 12.1 Å². The van der Waals surface area contributed by atoms with Crippen LogP contribution in [0.15, 0.2) is 18.2 Å². The van der Waals surface area contributed by atoms with Crippen LogP contribution in [0.3, 0.4) is 0 Å². The quantitative estimate of drug-likeness (QED) is 0.478. The van der Waals surface area contributed by atoms with Gasteiger partial charge in [0, 0.05) is 0 Å². The van der Waals surface area contributed by atoms with Crippen molar-refractivity contribution in [1.29, 1.82) is 0 Å². The normalized spacial score (nSPS) is 12.6. The second kappa shape index (κ2) is 8.22. The monoisotopic (exact) mass is 479 g/mol. The zero-order valence-corrected chi connectivity index (χ0v) is 17.6. The minimum atomic E-state index is -1.90. The number of halogens is 7. The molecule has 0 unspecified atom stereocenters. The molecule has 11 heteroatoms. The third-order valence-electron chi connectivity index (χ3n) is 2.76. The number of ether oxygens (including phenoxy) is 1. The summed E-state index contributed by atoms with van der Waals surface area (Å²) in [7, 11) is 1.53. The molecule has 2 rings (SSSR count). The lowest BCUT2D eigenvalue weighted by Gasteiger charge is -2.14. The summed E-state index contributed by atoms with van der Waals surface area (Å²) in [4.78, 5) is 12.0. The van der Waals surface area contributed by atoms with Crippen LogP contribution in [-0.2, 0) is 7.59 Å². The van der Waals surface area contributed by atoms with Crippen molar-refractivity contribution >= 4 is 93.4 Å². The number of aromatic nitrogens is 3. The zero-order chi connectivity index (χ0) is 18.8. The van der Waals surface area contributed by atoms with Gasteiger partial charge in [-0.25, -0.2) is 15.0 Å². The number of benzene rings is 1. The molecule has 2 aromatic rings. The van der Waals surface area contributed by atoms with Crippen LogP contribution in [0.2, 0.25) is 5.02 Å². The fraction of sp³-hybridized carbons (Fsp3) is 0.214. The Morgan fingerprint density at radius 1 is 0.880 bits per heavy atom. The molecule has 1 aromatic heterocycles. The van der Waals surface area contributed by atoms with Gasteiger partial charge in [-0.3, -0.25) is 0 Å². The van der Waals surface area contributed by atoms with E-state index in [2.05, 4.69) is 15.0 Å². The summed E-state index contributed by atoms with van der Waals surface area (Å²) in [5, 5.41) is 0.448. The van der Waals surface area contributed by atoms with Crippen LogP contribution in [0.4, 0.5) is 0 Å². The van der Waals surface area contributed by atoms with Gasteiger partial charge >= 0.3 is 0 Å². The number of hydrogen-bond donors (Lipinski definition) is 0. The van der Waals surface area contributed by atoms with Crippen molar-refractivity contribution in [3.05, 3.63) is 46.3 Å². The maximum Gasteiger partial charge on any atom is 0.250 e. The maximum absolute atomic E-state index is 6.08. The van der Waals surface area contributed by atoms with Gasteiger partial charge < -0.3 is 4.74 Å². The summed E-state index contributed by atoms with van der Waals surface area (Å²) >= 11 is 41.0. The summed E-state index contributed by atoms with van der Waals surface area (Å²) < 4.78 is 1.29. The molecule has 1 heterocycles. The lowest BCUT2D eigenvalue weighted by molar-refractivity contribution is 0.415. The summed E-state index contributed by atoms with van der Waals surface area (Å²) in [5.74, 6) is 0.364. The molecule has 0 saturated heterocycles. The zero-order valence-electron chi connectivity index (χ0n) is 12.3. The van der Waals surface area contributed by atoms with Crippen LogP contribution in [0.25, 0.3) is 12.2 Å². The minimum absolute atomic E-state index is 0.143. The van der Waals surface area contributed by atoms with E-state index in [9.17, 15) is 0 Å². The Morgan fingerprint density at radius 2 is 1.44 bits per heavy atom. The molecule has 134 valence electrons. The summed E-state index contributed by atoms with van der Waals surface area (Å²) in [6.07, 6.45) is 3.23. The molecule has 0 aliphatic carbocycles. The molecule has 0 radical (unpaired) electrons. The van der Waals surface area contributed by atoms with Crippen molar-refractivity contribution < 1.29 is 4.74 Å². The first kappa shape index (κ1) is 21.1. The van der Waals surface area contributed by atoms with Gasteiger partial charge in [0.1, 0.15) is 5.75 Å². The number of methoxy groups -OCH3 is 1. The Hall–Kier alpha value is -0.200.